The van der Waals surface area contributed by atoms with Crippen LogP contribution in [0.25, 0.3) is 11.4 Å². The fourth-order valence-electron chi connectivity index (χ4n) is 3.49. The molecule has 0 spiro atoms. The summed E-state index contributed by atoms with van der Waals surface area (Å²) in [5, 5.41) is 9.16. The second kappa shape index (κ2) is 10.2. The van der Waals surface area contributed by atoms with E-state index in [2.05, 4.69) is 0 Å². The van der Waals surface area contributed by atoms with Crippen LogP contribution in [0, 0.1) is 12.7 Å². The molecule has 3 aromatic rings. The van der Waals surface area contributed by atoms with Crippen LogP contribution in [0.4, 0.5) is 10.2 Å². The van der Waals surface area contributed by atoms with Crippen LogP contribution in [0.2, 0.25) is 0 Å². The first-order chi connectivity index (χ1) is 15.4. The maximum atomic E-state index is 13.5. The van der Waals surface area contributed by atoms with Gasteiger partial charge in [-0.1, -0.05) is 36.4 Å². The van der Waals surface area contributed by atoms with Crippen LogP contribution in [0.1, 0.15) is 28.0 Å². The van der Waals surface area contributed by atoms with Gasteiger partial charge in [-0.25, -0.2) is 9.37 Å². The fourth-order valence-corrected chi connectivity index (χ4v) is 3.49. The van der Waals surface area contributed by atoms with E-state index in [1.165, 1.54) is 21.9 Å². The quantitative estimate of drug-likeness (QED) is 0.521. The predicted molar refractivity (Wildman–Crippen MR) is 121 cm³/mol. The highest BCUT2D eigenvalue weighted by Crippen LogP contribution is 2.31. The van der Waals surface area contributed by atoms with Crippen molar-refractivity contribution in [1.82, 2.24) is 14.5 Å². The molecule has 32 heavy (non-hydrogen) atoms. The van der Waals surface area contributed by atoms with Crippen LogP contribution in [-0.2, 0) is 11.3 Å². The number of nitrogens with zero attached hydrogens (tertiary/aromatic N) is 4. The van der Waals surface area contributed by atoms with Crippen LogP contribution >= 0.6 is 0 Å². The van der Waals surface area contributed by atoms with Crippen molar-refractivity contribution in [2.24, 2.45) is 0 Å². The second-order valence-corrected chi connectivity index (χ2v) is 7.66. The number of benzene rings is 2. The summed E-state index contributed by atoms with van der Waals surface area (Å²) >= 11 is 0. The Kier molecular flexibility index (Phi) is 7.37. The van der Waals surface area contributed by atoms with E-state index in [4.69, 9.17) is 10.1 Å². The van der Waals surface area contributed by atoms with Gasteiger partial charge in [-0.3, -0.25) is 9.59 Å². The molecular weight excluding hydrogens is 411 g/mol. The summed E-state index contributed by atoms with van der Waals surface area (Å²) in [6.45, 7) is 2.52. The van der Waals surface area contributed by atoms with Gasteiger partial charge in [0.1, 0.15) is 11.6 Å². The number of aliphatic hydroxyl groups excluding tert-OH is 1. The van der Waals surface area contributed by atoms with Crippen LogP contribution < -0.4 is 4.90 Å². The molecule has 0 saturated heterocycles. The normalized spacial score (nSPS) is 10.8. The van der Waals surface area contributed by atoms with Crippen molar-refractivity contribution < 1.29 is 19.1 Å². The number of rotatable bonds is 9. The number of aromatic nitrogens is 2. The highest BCUT2D eigenvalue weighted by atomic mass is 19.1. The molecule has 0 aliphatic carbocycles. The Labute approximate surface area is 186 Å². The third-order valence-corrected chi connectivity index (χ3v) is 5.28. The zero-order valence-electron chi connectivity index (χ0n) is 18.5. The van der Waals surface area contributed by atoms with Crippen LogP contribution in [0.5, 0.6) is 0 Å². The number of hydrogen-bond acceptors (Lipinski definition) is 4. The lowest BCUT2D eigenvalue weighted by Crippen LogP contribution is -2.32. The van der Waals surface area contributed by atoms with E-state index in [0.29, 0.717) is 25.2 Å². The van der Waals surface area contributed by atoms with Gasteiger partial charge in [0.25, 0.3) is 5.91 Å². The average Bonchev–Trinajstić information content (AvgIpc) is 3.16. The number of carbonyl (C=O) groups excluding carboxylic acids is 2. The molecule has 0 atom stereocenters. The lowest BCUT2D eigenvalue weighted by atomic mass is 10.1. The number of aliphatic hydroxyl groups is 1. The van der Waals surface area contributed by atoms with E-state index in [-0.39, 0.29) is 36.4 Å². The van der Waals surface area contributed by atoms with Gasteiger partial charge in [0.05, 0.1) is 0 Å². The molecule has 0 fully saturated rings. The minimum atomic E-state index is -0.347. The lowest BCUT2D eigenvalue weighted by Gasteiger charge is -2.20. The van der Waals surface area contributed by atoms with Crippen LogP contribution in [0.15, 0.2) is 48.5 Å². The molecule has 0 radical (unpaired) electrons. The molecule has 1 aromatic heterocycles. The molecule has 7 nitrogen and oxygen atoms in total. The number of amides is 2. The molecule has 0 aliphatic rings. The van der Waals surface area contributed by atoms with E-state index >= 15 is 0 Å². The number of imidazole rings is 1. The average molecular weight is 439 g/mol. The first-order valence-corrected chi connectivity index (χ1v) is 10.3. The van der Waals surface area contributed by atoms with Crippen molar-refractivity contribution >= 4 is 18.1 Å². The summed E-state index contributed by atoms with van der Waals surface area (Å²) in [6.07, 6.45) is 1.04. The molecule has 2 amide bonds. The lowest BCUT2D eigenvalue weighted by molar-refractivity contribution is -0.107. The largest absolute Gasteiger partial charge is 0.396 e. The molecule has 0 saturated carbocycles. The Morgan fingerprint density at radius 1 is 1.16 bits per heavy atom. The molecule has 168 valence electrons. The van der Waals surface area contributed by atoms with Gasteiger partial charge in [-0.2, -0.15) is 0 Å². The van der Waals surface area contributed by atoms with Gasteiger partial charge in [0.15, 0.2) is 11.5 Å². The summed E-state index contributed by atoms with van der Waals surface area (Å²) in [5.41, 5.74) is 2.83. The number of halogens is 1. The van der Waals surface area contributed by atoms with E-state index in [9.17, 15) is 14.0 Å². The molecule has 0 bridgehead atoms. The van der Waals surface area contributed by atoms with Crippen LogP contribution in [-0.4, -0.2) is 59.1 Å². The summed E-state index contributed by atoms with van der Waals surface area (Å²) in [4.78, 5) is 32.6. The molecule has 8 heteroatoms. The molecule has 1 heterocycles. The molecule has 1 N–H and O–H groups in total. The Hall–Kier alpha value is -3.52. The maximum absolute atomic E-state index is 13.5. The third kappa shape index (κ3) is 4.86. The zero-order valence-corrected chi connectivity index (χ0v) is 18.5. The van der Waals surface area contributed by atoms with Gasteiger partial charge in [-0.15, -0.1) is 0 Å². The standard InChI is InChI=1S/C24H27FN4O3/c1-17-7-4-5-8-20(17)22-26-23(28(3)16-31)21(24(32)27(2)13-6-14-30)29(22)15-18-9-11-19(25)12-10-18/h4-5,7-12,16,30H,6,13-15H2,1-3H3. The van der Waals surface area contributed by atoms with E-state index in [1.807, 2.05) is 31.2 Å². The number of hydrogen-bond donors (Lipinski definition) is 1. The highest BCUT2D eigenvalue weighted by molar-refractivity contribution is 6.00. The molecule has 2 aromatic carbocycles. The predicted octanol–water partition coefficient (Wildman–Crippen LogP) is 3.09. The summed E-state index contributed by atoms with van der Waals surface area (Å²) in [7, 11) is 3.19. The smallest absolute Gasteiger partial charge is 0.274 e. The maximum Gasteiger partial charge on any atom is 0.274 e. The first-order valence-electron chi connectivity index (χ1n) is 10.3. The van der Waals surface area contributed by atoms with Gasteiger partial charge < -0.3 is 19.5 Å². The fraction of sp³-hybridized carbons (Fsp3) is 0.292. The number of anilines is 1. The molecular formula is C24H27FN4O3. The molecule has 0 unspecified atom stereocenters. The summed E-state index contributed by atoms with van der Waals surface area (Å²) < 4.78 is 15.2. The van der Waals surface area contributed by atoms with Gasteiger partial charge in [0.2, 0.25) is 6.41 Å². The highest BCUT2D eigenvalue weighted by Gasteiger charge is 2.28. The van der Waals surface area contributed by atoms with Crippen molar-refractivity contribution in [3.63, 3.8) is 0 Å². The van der Waals surface area contributed by atoms with Crippen molar-refractivity contribution in [2.75, 3.05) is 32.1 Å². The SMILES string of the molecule is Cc1ccccc1-c1nc(N(C)C=O)c(C(=O)N(C)CCCO)n1Cc1ccc(F)cc1. The Bertz CT molecular complexity index is 1100. The van der Waals surface area contributed by atoms with E-state index in [0.717, 1.165) is 16.7 Å². The monoisotopic (exact) mass is 438 g/mol. The summed E-state index contributed by atoms with van der Waals surface area (Å²) in [6, 6.07) is 13.7. The van der Waals surface area contributed by atoms with Crippen molar-refractivity contribution in [1.29, 1.82) is 0 Å². The minimum Gasteiger partial charge on any atom is -0.396 e. The second-order valence-electron chi connectivity index (χ2n) is 7.66. The zero-order chi connectivity index (χ0) is 23.3. The van der Waals surface area contributed by atoms with Crippen molar-refractivity contribution in [3.05, 3.63) is 71.2 Å². The Morgan fingerprint density at radius 2 is 1.84 bits per heavy atom. The van der Waals surface area contributed by atoms with E-state index < -0.39 is 0 Å². The topological polar surface area (TPSA) is 78.7 Å². The summed E-state index contributed by atoms with van der Waals surface area (Å²) in [5.74, 6) is 0.104. The molecule has 3 rings (SSSR count). The van der Waals surface area contributed by atoms with Gasteiger partial charge in [0, 0.05) is 39.4 Å². The van der Waals surface area contributed by atoms with Crippen molar-refractivity contribution in [2.45, 2.75) is 19.9 Å². The number of aryl methyl sites for hydroxylation is 1. The number of carbonyl (C=O) groups is 2. The van der Waals surface area contributed by atoms with E-state index in [1.54, 1.807) is 30.8 Å². The Morgan fingerprint density at radius 3 is 2.47 bits per heavy atom. The Balaban J connectivity index is 2.23. The van der Waals surface area contributed by atoms with Gasteiger partial charge >= 0.3 is 0 Å². The first kappa shape index (κ1) is 23.1. The van der Waals surface area contributed by atoms with Crippen LogP contribution in [0.3, 0.4) is 0 Å². The van der Waals surface area contributed by atoms with Gasteiger partial charge in [-0.05, 0) is 36.6 Å². The molecule has 0 aliphatic heterocycles. The third-order valence-electron chi connectivity index (χ3n) is 5.28. The van der Waals surface area contributed by atoms with Crippen molar-refractivity contribution in [3.8, 4) is 11.4 Å². The minimum absolute atomic E-state index is 0.0397.